The molecule has 0 aliphatic rings. The summed E-state index contributed by atoms with van der Waals surface area (Å²) >= 11 is 0. The molecular weight excluding hydrogens is 232 g/mol. The number of rotatable bonds is 8. The Morgan fingerprint density at radius 2 is 1.68 bits per heavy atom. The Labute approximate surface area is 119 Å². The fourth-order valence-corrected chi connectivity index (χ4v) is 2.40. The van der Waals surface area contributed by atoms with Crippen molar-refractivity contribution in [3.63, 3.8) is 0 Å². The van der Waals surface area contributed by atoms with Crippen LogP contribution in [0.1, 0.15) is 59.1 Å². The largest absolute Gasteiger partial charge is 0.369 e. The Bertz CT molecular complexity index is 345. The average Bonchev–Trinajstić information content (AvgIpc) is 2.46. The summed E-state index contributed by atoms with van der Waals surface area (Å²) in [6.07, 6.45) is 2.37. The maximum absolute atomic E-state index is 3.53. The van der Waals surface area contributed by atoms with Crippen LogP contribution in [0.3, 0.4) is 0 Å². The summed E-state index contributed by atoms with van der Waals surface area (Å²) in [6.45, 7) is 13.4. The molecule has 0 aliphatic heterocycles. The van der Waals surface area contributed by atoms with Crippen LogP contribution in [0.25, 0.3) is 0 Å². The van der Waals surface area contributed by atoms with Gasteiger partial charge in [-0.05, 0) is 57.9 Å². The van der Waals surface area contributed by atoms with E-state index in [9.17, 15) is 0 Å². The highest BCUT2D eigenvalue weighted by molar-refractivity contribution is 5.48. The van der Waals surface area contributed by atoms with Crippen molar-refractivity contribution in [2.45, 2.75) is 59.5 Å². The molecule has 0 amide bonds. The summed E-state index contributed by atoms with van der Waals surface area (Å²) in [5.41, 5.74) is 2.71. The van der Waals surface area contributed by atoms with E-state index in [1.807, 2.05) is 0 Å². The third kappa shape index (κ3) is 4.54. The Hall–Kier alpha value is -1.02. The zero-order valence-corrected chi connectivity index (χ0v) is 13.2. The lowest BCUT2D eigenvalue weighted by molar-refractivity contribution is 0.570. The SMILES string of the molecule is CCCNC(C)c1ccc(N(CC)C(C)CC)cc1. The lowest BCUT2D eigenvalue weighted by Crippen LogP contribution is -2.32. The van der Waals surface area contributed by atoms with Gasteiger partial charge in [0.15, 0.2) is 0 Å². The zero-order valence-electron chi connectivity index (χ0n) is 13.2. The molecule has 0 saturated carbocycles. The highest BCUT2D eigenvalue weighted by Crippen LogP contribution is 2.21. The van der Waals surface area contributed by atoms with E-state index >= 15 is 0 Å². The minimum Gasteiger partial charge on any atom is -0.369 e. The van der Waals surface area contributed by atoms with Gasteiger partial charge in [0, 0.05) is 24.3 Å². The summed E-state index contributed by atoms with van der Waals surface area (Å²) in [6, 6.07) is 10.1. The first kappa shape index (κ1) is 16.0. The van der Waals surface area contributed by atoms with E-state index in [1.165, 1.54) is 24.1 Å². The first-order valence-corrected chi connectivity index (χ1v) is 7.73. The molecular formula is C17H30N2. The maximum atomic E-state index is 3.53. The molecule has 2 atom stereocenters. The second-order valence-corrected chi connectivity index (χ2v) is 5.31. The van der Waals surface area contributed by atoms with Gasteiger partial charge in [-0.2, -0.15) is 0 Å². The summed E-state index contributed by atoms with van der Waals surface area (Å²) < 4.78 is 0. The predicted molar refractivity (Wildman–Crippen MR) is 85.9 cm³/mol. The van der Waals surface area contributed by atoms with Crippen molar-refractivity contribution in [1.82, 2.24) is 5.32 Å². The van der Waals surface area contributed by atoms with Crippen molar-refractivity contribution in [2.24, 2.45) is 0 Å². The van der Waals surface area contributed by atoms with E-state index < -0.39 is 0 Å². The predicted octanol–water partition coefficient (Wildman–Crippen LogP) is 4.37. The van der Waals surface area contributed by atoms with Gasteiger partial charge in [-0.3, -0.25) is 0 Å². The first-order valence-electron chi connectivity index (χ1n) is 7.73. The smallest absolute Gasteiger partial charge is 0.0368 e. The van der Waals surface area contributed by atoms with Crippen LogP contribution in [0.5, 0.6) is 0 Å². The zero-order chi connectivity index (χ0) is 14.3. The quantitative estimate of drug-likeness (QED) is 0.748. The molecule has 1 N–H and O–H groups in total. The number of hydrogen-bond acceptors (Lipinski definition) is 2. The summed E-state index contributed by atoms with van der Waals surface area (Å²) in [5.74, 6) is 0. The fourth-order valence-electron chi connectivity index (χ4n) is 2.40. The van der Waals surface area contributed by atoms with Gasteiger partial charge in [0.1, 0.15) is 0 Å². The molecule has 2 heteroatoms. The Balaban J connectivity index is 2.74. The van der Waals surface area contributed by atoms with Crippen molar-refractivity contribution >= 4 is 5.69 Å². The number of anilines is 1. The van der Waals surface area contributed by atoms with Crippen LogP contribution in [0, 0.1) is 0 Å². The molecule has 108 valence electrons. The number of hydrogen-bond donors (Lipinski definition) is 1. The Morgan fingerprint density at radius 1 is 1.05 bits per heavy atom. The van der Waals surface area contributed by atoms with Crippen molar-refractivity contribution in [3.8, 4) is 0 Å². The van der Waals surface area contributed by atoms with Crippen molar-refractivity contribution in [3.05, 3.63) is 29.8 Å². The van der Waals surface area contributed by atoms with E-state index in [0.29, 0.717) is 12.1 Å². The number of benzene rings is 1. The third-order valence-electron chi connectivity index (χ3n) is 3.89. The Kier molecular flexibility index (Phi) is 6.93. The molecule has 0 bridgehead atoms. The molecule has 0 saturated heterocycles. The lowest BCUT2D eigenvalue weighted by Gasteiger charge is -2.30. The van der Waals surface area contributed by atoms with Gasteiger partial charge >= 0.3 is 0 Å². The van der Waals surface area contributed by atoms with Crippen LogP contribution in [-0.4, -0.2) is 19.1 Å². The molecule has 0 heterocycles. The van der Waals surface area contributed by atoms with Crippen molar-refractivity contribution < 1.29 is 0 Å². The first-order chi connectivity index (χ1) is 9.13. The second kappa shape index (κ2) is 8.21. The molecule has 0 fully saturated rings. The van der Waals surface area contributed by atoms with Gasteiger partial charge < -0.3 is 10.2 Å². The van der Waals surface area contributed by atoms with E-state index in [2.05, 4.69) is 69.1 Å². The van der Waals surface area contributed by atoms with Crippen LogP contribution in [0.4, 0.5) is 5.69 Å². The molecule has 0 radical (unpaired) electrons. The number of nitrogens with one attached hydrogen (secondary N) is 1. The standard InChI is InChI=1S/C17H30N2/c1-6-13-18-15(5)16-9-11-17(12-10-16)19(8-3)14(4)7-2/h9-12,14-15,18H,6-8,13H2,1-5H3. The molecule has 0 aromatic heterocycles. The van der Waals surface area contributed by atoms with E-state index in [1.54, 1.807) is 0 Å². The molecule has 2 unspecified atom stereocenters. The van der Waals surface area contributed by atoms with Crippen LogP contribution in [-0.2, 0) is 0 Å². The normalized spacial score (nSPS) is 14.2. The lowest BCUT2D eigenvalue weighted by atomic mass is 10.1. The van der Waals surface area contributed by atoms with Gasteiger partial charge in [-0.25, -0.2) is 0 Å². The molecule has 1 aromatic carbocycles. The van der Waals surface area contributed by atoms with Gasteiger partial charge in [0.25, 0.3) is 0 Å². The van der Waals surface area contributed by atoms with Crippen LogP contribution < -0.4 is 10.2 Å². The molecule has 0 spiro atoms. The Morgan fingerprint density at radius 3 is 2.16 bits per heavy atom. The topological polar surface area (TPSA) is 15.3 Å². The van der Waals surface area contributed by atoms with Crippen LogP contribution in [0.15, 0.2) is 24.3 Å². The molecule has 2 nitrogen and oxygen atoms in total. The molecule has 1 aromatic rings. The number of nitrogens with zero attached hydrogens (tertiary/aromatic N) is 1. The van der Waals surface area contributed by atoms with E-state index in [4.69, 9.17) is 0 Å². The van der Waals surface area contributed by atoms with Crippen molar-refractivity contribution in [1.29, 1.82) is 0 Å². The average molecular weight is 262 g/mol. The minimum atomic E-state index is 0.438. The third-order valence-corrected chi connectivity index (χ3v) is 3.89. The molecule has 1 rings (SSSR count). The maximum Gasteiger partial charge on any atom is 0.0368 e. The second-order valence-electron chi connectivity index (χ2n) is 5.31. The molecule has 0 aliphatic carbocycles. The van der Waals surface area contributed by atoms with E-state index in [-0.39, 0.29) is 0 Å². The van der Waals surface area contributed by atoms with Gasteiger partial charge in [0.2, 0.25) is 0 Å². The van der Waals surface area contributed by atoms with Gasteiger partial charge in [-0.15, -0.1) is 0 Å². The fraction of sp³-hybridized carbons (Fsp3) is 0.647. The highest BCUT2D eigenvalue weighted by atomic mass is 15.1. The summed E-state index contributed by atoms with van der Waals surface area (Å²) in [4.78, 5) is 2.47. The van der Waals surface area contributed by atoms with Crippen LogP contribution in [0.2, 0.25) is 0 Å². The van der Waals surface area contributed by atoms with Gasteiger partial charge in [-0.1, -0.05) is 26.0 Å². The van der Waals surface area contributed by atoms with Gasteiger partial charge in [0.05, 0.1) is 0 Å². The summed E-state index contributed by atoms with van der Waals surface area (Å²) in [5, 5.41) is 3.53. The van der Waals surface area contributed by atoms with Crippen LogP contribution >= 0.6 is 0 Å². The van der Waals surface area contributed by atoms with E-state index in [0.717, 1.165) is 13.1 Å². The van der Waals surface area contributed by atoms with Crippen molar-refractivity contribution in [2.75, 3.05) is 18.0 Å². The molecule has 19 heavy (non-hydrogen) atoms. The minimum absolute atomic E-state index is 0.438. The summed E-state index contributed by atoms with van der Waals surface area (Å²) in [7, 11) is 0. The monoisotopic (exact) mass is 262 g/mol. The highest BCUT2D eigenvalue weighted by Gasteiger charge is 2.11.